The highest BCUT2D eigenvalue weighted by atomic mass is 16.5. The van der Waals surface area contributed by atoms with Crippen molar-refractivity contribution in [3.05, 3.63) is 42.3 Å². The molecule has 108 valence electrons. The third kappa shape index (κ3) is 5.90. The molecule has 20 heavy (non-hydrogen) atoms. The van der Waals surface area contributed by atoms with E-state index in [1.54, 1.807) is 38.1 Å². The van der Waals surface area contributed by atoms with Crippen molar-refractivity contribution in [3.8, 4) is 0 Å². The number of hydrogen-bond acceptors (Lipinski definition) is 4. The van der Waals surface area contributed by atoms with Gasteiger partial charge in [0, 0.05) is 5.69 Å². The van der Waals surface area contributed by atoms with Crippen LogP contribution < -0.4 is 10.6 Å². The van der Waals surface area contributed by atoms with Gasteiger partial charge in [-0.15, -0.1) is 0 Å². The first-order valence-corrected chi connectivity index (χ1v) is 6.30. The summed E-state index contributed by atoms with van der Waals surface area (Å²) < 4.78 is 9.91. The van der Waals surface area contributed by atoms with Crippen LogP contribution in [0.25, 0.3) is 0 Å². The van der Waals surface area contributed by atoms with Crippen LogP contribution in [0.15, 0.2) is 42.3 Å². The summed E-state index contributed by atoms with van der Waals surface area (Å²) in [4.78, 5) is 23.1. The summed E-state index contributed by atoms with van der Waals surface area (Å²) in [6.07, 6.45) is 1.09. The van der Waals surface area contributed by atoms with E-state index in [1.165, 1.54) is 0 Å². The van der Waals surface area contributed by atoms with Gasteiger partial charge in [-0.3, -0.25) is 5.32 Å². The molecule has 0 heterocycles. The van der Waals surface area contributed by atoms with Crippen LogP contribution in [0.4, 0.5) is 10.5 Å². The van der Waals surface area contributed by atoms with Crippen LogP contribution >= 0.6 is 0 Å². The van der Waals surface area contributed by atoms with E-state index in [-0.39, 0.29) is 12.5 Å². The number of rotatable bonds is 6. The van der Waals surface area contributed by atoms with Crippen LogP contribution in [0.1, 0.15) is 13.8 Å². The Morgan fingerprint density at radius 2 is 1.75 bits per heavy atom. The molecule has 0 saturated heterocycles. The number of benzene rings is 1. The molecule has 0 unspecified atom stereocenters. The van der Waals surface area contributed by atoms with Crippen LogP contribution in [-0.4, -0.2) is 25.2 Å². The van der Waals surface area contributed by atoms with Crippen LogP contribution in [-0.2, 0) is 14.3 Å². The predicted octanol–water partition coefficient (Wildman–Crippen LogP) is 2.25. The first kappa shape index (κ1) is 15.6. The minimum absolute atomic E-state index is 0.0411. The molecule has 0 aliphatic carbocycles. The lowest BCUT2D eigenvalue weighted by Gasteiger charge is -2.11. The summed E-state index contributed by atoms with van der Waals surface area (Å²) in [7, 11) is 0. The molecular weight excluding hydrogens is 260 g/mol. The van der Waals surface area contributed by atoms with Crippen molar-refractivity contribution in [1.29, 1.82) is 0 Å². The SMILES string of the molecule is CCOC(=O)/C=C(\NC(=O)Nc1ccccc1)OCC. The van der Waals surface area contributed by atoms with Crippen LogP contribution in [0.3, 0.4) is 0 Å². The van der Waals surface area contributed by atoms with Crippen molar-refractivity contribution in [2.45, 2.75) is 13.8 Å². The van der Waals surface area contributed by atoms with Crippen LogP contribution in [0.2, 0.25) is 0 Å². The molecule has 2 amide bonds. The molecule has 0 spiro atoms. The van der Waals surface area contributed by atoms with Gasteiger partial charge in [0.1, 0.15) is 0 Å². The standard InChI is InChI=1S/C14H18N2O4/c1-3-19-12(10-13(17)20-4-2)16-14(18)15-11-8-6-5-7-9-11/h5-10H,3-4H2,1-2H3,(H2,15,16,18)/b12-10+. The van der Waals surface area contributed by atoms with E-state index in [0.29, 0.717) is 12.3 Å². The third-order valence-electron chi connectivity index (χ3n) is 2.10. The molecule has 6 nitrogen and oxygen atoms in total. The molecule has 0 aromatic heterocycles. The number of esters is 1. The zero-order valence-corrected chi connectivity index (χ0v) is 11.5. The molecule has 0 radical (unpaired) electrons. The van der Waals surface area contributed by atoms with Gasteiger partial charge in [-0.25, -0.2) is 9.59 Å². The fourth-order valence-corrected chi connectivity index (χ4v) is 1.36. The second kappa shape index (κ2) is 8.58. The molecule has 0 aliphatic rings. The number of ether oxygens (including phenoxy) is 2. The maximum Gasteiger partial charge on any atom is 0.336 e. The van der Waals surface area contributed by atoms with Gasteiger partial charge in [0.05, 0.1) is 19.3 Å². The lowest BCUT2D eigenvalue weighted by molar-refractivity contribution is -0.137. The van der Waals surface area contributed by atoms with Crippen molar-refractivity contribution in [2.24, 2.45) is 0 Å². The fraction of sp³-hybridized carbons (Fsp3) is 0.286. The smallest absolute Gasteiger partial charge is 0.336 e. The molecule has 6 heteroatoms. The highest BCUT2D eigenvalue weighted by Crippen LogP contribution is 2.05. The Labute approximate surface area is 117 Å². The largest absolute Gasteiger partial charge is 0.479 e. The van der Waals surface area contributed by atoms with Crippen molar-refractivity contribution in [2.75, 3.05) is 18.5 Å². The molecule has 2 N–H and O–H groups in total. The number of urea groups is 1. The maximum atomic E-state index is 11.7. The molecule has 1 aromatic carbocycles. The van der Waals surface area contributed by atoms with E-state index in [0.717, 1.165) is 6.08 Å². The van der Waals surface area contributed by atoms with Gasteiger partial charge in [-0.1, -0.05) is 18.2 Å². The molecule has 0 saturated carbocycles. The zero-order valence-electron chi connectivity index (χ0n) is 11.5. The van der Waals surface area contributed by atoms with Gasteiger partial charge >= 0.3 is 12.0 Å². The first-order chi connectivity index (χ1) is 9.65. The Morgan fingerprint density at radius 1 is 1.10 bits per heavy atom. The monoisotopic (exact) mass is 278 g/mol. The Bertz CT molecular complexity index is 471. The number of para-hydroxylation sites is 1. The Balaban J connectivity index is 2.61. The van der Waals surface area contributed by atoms with Gasteiger partial charge in [-0.05, 0) is 26.0 Å². The minimum atomic E-state index is -0.573. The number of anilines is 1. The number of carbonyl (C=O) groups is 2. The molecule has 0 bridgehead atoms. The van der Waals surface area contributed by atoms with Gasteiger partial charge in [0.25, 0.3) is 0 Å². The quantitative estimate of drug-likeness (QED) is 0.475. The molecule has 1 aromatic rings. The van der Waals surface area contributed by atoms with E-state index in [1.807, 2.05) is 6.07 Å². The number of nitrogens with one attached hydrogen (secondary N) is 2. The lowest BCUT2D eigenvalue weighted by atomic mass is 10.3. The summed E-state index contributed by atoms with van der Waals surface area (Å²) in [5, 5.41) is 5.06. The normalized spacial score (nSPS) is 10.6. The van der Waals surface area contributed by atoms with Crippen molar-refractivity contribution in [3.63, 3.8) is 0 Å². The van der Waals surface area contributed by atoms with Gasteiger partial charge in [0.15, 0.2) is 0 Å². The van der Waals surface area contributed by atoms with E-state index in [2.05, 4.69) is 10.6 Å². The van der Waals surface area contributed by atoms with Crippen LogP contribution in [0, 0.1) is 0 Å². The molecule has 0 aliphatic heterocycles. The summed E-state index contributed by atoms with van der Waals surface area (Å²) in [5.41, 5.74) is 0.636. The summed E-state index contributed by atoms with van der Waals surface area (Å²) in [6.45, 7) is 4.01. The Morgan fingerprint density at radius 3 is 2.35 bits per heavy atom. The van der Waals surface area contributed by atoms with E-state index < -0.39 is 12.0 Å². The average molecular weight is 278 g/mol. The molecular formula is C14H18N2O4. The molecule has 1 rings (SSSR count). The Hall–Kier alpha value is -2.50. The number of amides is 2. The molecule has 0 atom stereocenters. The van der Waals surface area contributed by atoms with E-state index in [9.17, 15) is 9.59 Å². The minimum Gasteiger partial charge on any atom is -0.479 e. The number of carbonyl (C=O) groups excluding carboxylic acids is 2. The highest BCUT2D eigenvalue weighted by Gasteiger charge is 2.08. The highest BCUT2D eigenvalue weighted by molar-refractivity contribution is 5.91. The third-order valence-corrected chi connectivity index (χ3v) is 2.10. The predicted molar refractivity (Wildman–Crippen MR) is 74.9 cm³/mol. The lowest BCUT2D eigenvalue weighted by Crippen LogP contribution is -2.30. The summed E-state index contributed by atoms with van der Waals surface area (Å²) in [5.74, 6) is -0.532. The van der Waals surface area contributed by atoms with E-state index in [4.69, 9.17) is 9.47 Å². The summed E-state index contributed by atoms with van der Waals surface area (Å²) >= 11 is 0. The zero-order chi connectivity index (χ0) is 14.8. The van der Waals surface area contributed by atoms with Crippen molar-refractivity contribution >= 4 is 17.7 Å². The van der Waals surface area contributed by atoms with Crippen molar-refractivity contribution in [1.82, 2.24) is 5.32 Å². The molecule has 0 fully saturated rings. The Kier molecular flexibility index (Phi) is 6.67. The first-order valence-electron chi connectivity index (χ1n) is 6.30. The van der Waals surface area contributed by atoms with Crippen LogP contribution in [0.5, 0.6) is 0 Å². The topological polar surface area (TPSA) is 76.7 Å². The average Bonchev–Trinajstić information content (AvgIpc) is 2.40. The summed E-state index contributed by atoms with van der Waals surface area (Å²) in [6, 6.07) is 8.43. The fourth-order valence-electron chi connectivity index (χ4n) is 1.36. The van der Waals surface area contributed by atoms with Gasteiger partial charge < -0.3 is 14.8 Å². The van der Waals surface area contributed by atoms with E-state index >= 15 is 0 Å². The second-order valence-corrected chi connectivity index (χ2v) is 3.64. The maximum absolute atomic E-state index is 11.7. The van der Waals surface area contributed by atoms with Gasteiger partial charge in [0.2, 0.25) is 5.88 Å². The van der Waals surface area contributed by atoms with Crippen molar-refractivity contribution < 1.29 is 19.1 Å². The van der Waals surface area contributed by atoms with Gasteiger partial charge in [-0.2, -0.15) is 0 Å². The second-order valence-electron chi connectivity index (χ2n) is 3.64. The number of hydrogen-bond donors (Lipinski definition) is 2.